The molecular weight excluding hydrogens is 302 g/mol. The summed E-state index contributed by atoms with van der Waals surface area (Å²) in [6, 6.07) is 7.38. The van der Waals surface area contributed by atoms with E-state index in [1.54, 1.807) is 11.9 Å². The van der Waals surface area contributed by atoms with Crippen molar-refractivity contribution in [3.63, 3.8) is 0 Å². The number of carbonyl (C=O) groups excluding carboxylic acids is 1. The van der Waals surface area contributed by atoms with Gasteiger partial charge in [0.05, 0.1) is 12.3 Å². The Morgan fingerprint density at radius 2 is 2.05 bits per heavy atom. The highest BCUT2D eigenvalue weighted by Crippen LogP contribution is 2.19. The van der Waals surface area contributed by atoms with E-state index in [4.69, 9.17) is 16.4 Å². The van der Waals surface area contributed by atoms with Gasteiger partial charge in [-0.15, -0.1) is 0 Å². The molecule has 6 heteroatoms. The van der Waals surface area contributed by atoms with Gasteiger partial charge >= 0.3 is 6.03 Å². The average molecular weight is 324 g/mol. The highest BCUT2D eigenvalue weighted by molar-refractivity contribution is 6.30. The van der Waals surface area contributed by atoms with Gasteiger partial charge in [-0.05, 0) is 38.5 Å². The van der Waals surface area contributed by atoms with E-state index in [0.29, 0.717) is 18.0 Å². The van der Waals surface area contributed by atoms with Crippen molar-refractivity contribution in [2.75, 3.05) is 13.6 Å². The second kappa shape index (κ2) is 6.57. The van der Waals surface area contributed by atoms with Crippen molar-refractivity contribution in [2.45, 2.75) is 38.8 Å². The van der Waals surface area contributed by atoms with E-state index in [1.165, 1.54) is 0 Å². The third kappa shape index (κ3) is 4.63. The molecule has 0 saturated carbocycles. The maximum atomic E-state index is 12.0. The van der Waals surface area contributed by atoms with Crippen molar-refractivity contribution in [1.29, 1.82) is 0 Å². The van der Waals surface area contributed by atoms with Crippen molar-refractivity contribution < 1.29 is 9.63 Å². The molecule has 1 aliphatic heterocycles. The van der Waals surface area contributed by atoms with Gasteiger partial charge in [0.25, 0.3) is 0 Å². The minimum Gasteiger partial charge on any atom is -0.390 e. The third-order valence-corrected chi connectivity index (χ3v) is 3.47. The van der Waals surface area contributed by atoms with Crippen molar-refractivity contribution in [1.82, 2.24) is 10.2 Å². The summed E-state index contributed by atoms with van der Waals surface area (Å²) in [7, 11) is 1.75. The fourth-order valence-electron chi connectivity index (χ4n) is 2.14. The van der Waals surface area contributed by atoms with Crippen LogP contribution in [0.15, 0.2) is 29.4 Å². The molecule has 0 bridgehead atoms. The molecule has 1 N–H and O–H groups in total. The van der Waals surface area contributed by atoms with Crippen LogP contribution in [0.3, 0.4) is 0 Å². The third-order valence-electron chi connectivity index (χ3n) is 3.22. The van der Waals surface area contributed by atoms with E-state index in [-0.39, 0.29) is 17.7 Å². The maximum Gasteiger partial charge on any atom is 0.317 e. The Bertz CT molecular complexity index is 564. The summed E-state index contributed by atoms with van der Waals surface area (Å²) in [5.74, 6) is 0. The van der Waals surface area contributed by atoms with Crippen LogP contribution >= 0.6 is 11.6 Å². The minimum absolute atomic E-state index is 0.115. The van der Waals surface area contributed by atoms with E-state index >= 15 is 0 Å². The lowest BCUT2D eigenvalue weighted by Crippen LogP contribution is -2.48. The zero-order valence-corrected chi connectivity index (χ0v) is 14.1. The number of likely N-dealkylation sites (N-methyl/N-ethyl adjacent to an activating group) is 1. The first kappa shape index (κ1) is 16.6. The summed E-state index contributed by atoms with van der Waals surface area (Å²) in [5.41, 5.74) is 1.62. The molecule has 2 amide bonds. The lowest BCUT2D eigenvalue weighted by Gasteiger charge is -2.26. The van der Waals surface area contributed by atoms with E-state index < -0.39 is 0 Å². The van der Waals surface area contributed by atoms with Gasteiger partial charge in [-0.2, -0.15) is 0 Å². The molecule has 0 aliphatic carbocycles. The number of nitrogens with zero attached hydrogens (tertiary/aromatic N) is 2. The largest absolute Gasteiger partial charge is 0.390 e. The number of hydrogen-bond donors (Lipinski definition) is 1. The Kier molecular flexibility index (Phi) is 4.96. The monoisotopic (exact) mass is 323 g/mol. The Hall–Kier alpha value is -1.75. The smallest absolute Gasteiger partial charge is 0.317 e. The quantitative estimate of drug-likeness (QED) is 0.928. The van der Waals surface area contributed by atoms with Gasteiger partial charge in [0.2, 0.25) is 0 Å². The van der Waals surface area contributed by atoms with Crippen molar-refractivity contribution in [3.05, 3.63) is 34.9 Å². The molecule has 1 aliphatic rings. The number of benzene rings is 1. The van der Waals surface area contributed by atoms with Crippen LogP contribution in [0.5, 0.6) is 0 Å². The van der Waals surface area contributed by atoms with E-state index in [1.807, 2.05) is 45.0 Å². The zero-order chi connectivity index (χ0) is 16.3. The van der Waals surface area contributed by atoms with Gasteiger partial charge in [0.15, 0.2) is 6.10 Å². The SMILES string of the molecule is CN(C[C@H]1CC(c2ccc(Cl)cc2)=NO1)C(=O)NC(C)(C)C. The van der Waals surface area contributed by atoms with Crippen LogP contribution in [0.1, 0.15) is 32.8 Å². The number of nitrogens with one attached hydrogen (secondary N) is 1. The molecule has 22 heavy (non-hydrogen) atoms. The van der Waals surface area contributed by atoms with Crippen molar-refractivity contribution in [2.24, 2.45) is 5.16 Å². The number of rotatable bonds is 3. The molecule has 2 rings (SSSR count). The van der Waals surface area contributed by atoms with E-state index in [2.05, 4.69) is 10.5 Å². The molecule has 0 unspecified atom stereocenters. The summed E-state index contributed by atoms with van der Waals surface area (Å²) < 4.78 is 0. The highest BCUT2D eigenvalue weighted by atomic mass is 35.5. The molecule has 1 aromatic rings. The number of halogens is 1. The van der Waals surface area contributed by atoms with Crippen molar-refractivity contribution >= 4 is 23.3 Å². The second-order valence-electron chi connectivity index (χ2n) is 6.54. The maximum absolute atomic E-state index is 12.0. The molecular formula is C16H22ClN3O2. The van der Waals surface area contributed by atoms with Crippen LogP contribution in [0.4, 0.5) is 4.79 Å². The van der Waals surface area contributed by atoms with Gasteiger partial charge in [-0.25, -0.2) is 4.79 Å². The predicted octanol–water partition coefficient (Wildman–Crippen LogP) is 3.27. The Labute approximate surface area is 136 Å². The van der Waals surface area contributed by atoms with Crippen molar-refractivity contribution in [3.8, 4) is 0 Å². The van der Waals surface area contributed by atoms with Gasteiger partial charge in [0, 0.05) is 24.0 Å². The van der Waals surface area contributed by atoms with E-state index in [9.17, 15) is 4.79 Å². The first-order chi connectivity index (χ1) is 10.2. The molecule has 1 aromatic carbocycles. The molecule has 1 atom stereocenters. The molecule has 0 spiro atoms. The second-order valence-corrected chi connectivity index (χ2v) is 6.97. The lowest BCUT2D eigenvalue weighted by molar-refractivity contribution is 0.0649. The minimum atomic E-state index is -0.257. The fourth-order valence-corrected chi connectivity index (χ4v) is 2.27. The molecule has 1 heterocycles. The zero-order valence-electron chi connectivity index (χ0n) is 13.4. The topological polar surface area (TPSA) is 53.9 Å². The van der Waals surface area contributed by atoms with Crippen LogP contribution in [0.2, 0.25) is 5.02 Å². The summed E-state index contributed by atoms with van der Waals surface area (Å²) >= 11 is 5.88. The van der Waals surface area contributed by atoms with Gasteiger partial charge in [-0.1, -0.05) is 28.9 Å². The average Bonchev–Trinajstić information content (AvgIpc) is 2.86. The lowest BCUT2D eigenvalue weighted by atomic mass is 10.0. The normalized spacial score (nSPS) is 17.7. The number of hydrogen-bond acceptors (Lipinski definition) is 3. The Balaban J connectivity index is 1.87. The molecule has 0 radical (unpaired) electrons. The van der Waals surface area contributed by atoms with Crippen LogP contribution in [-0.4, -0.2) is 41.9 Å². The van der Waals surface area contributed by atoms with Gasteiger partial charge < -0.3 is 15.1 Å². The number of oxime groups is 1. The van der Waals surface area contributed by atoms with Crippen LogP contribution in [-0.2, 0) is 4.84 Å². The first-order valence-corrected chi connectivity index (χ1v) is 7.64. The summed E-state index contributed by atoms with van der Waals surface area (Å²) in [5, 5.41) is 7.73. The number of amides is 2. The number of carbonyl (C=O) groups is 1. The summed E-state index contributed by atoms with van der Waals surface area (Å²) in [4.78, 5) is 19.1. The molecule has 0 aromatic heterocycles. The van der Waals surface area contributed by atoms with E-state index in [0.717, 1.165) is 11.3 Å². The first-order valence-electron chi connectivity index (χ1n) is 7.26. The standard InChI is InChI=1S/C16H22ClN3O2/c1-16(2,3)18-15(21)20(4)10-13-9-14(19-22-13)11-5-7-12(17)8-6-11/h5-8,13H,9-10H2,1-4H3,(H,18,21)/t13-/m1/s1. The predicted molar refractivity (Wildman–Crippen MR) is 88.4 cm³/mol. The van der Waals surface area contributed by atoms with Crippen LogP contribution in [0, 0.1) is 0 Å². The molecule has 0 saturated heterocycles. The van der Waals surface area contributed by atoms with Crippen LogP contribution in [0.25, 0.3) is 0 Å². The number of urea groups is 1. The Morgan fingerprint density at radius 3 is 2.64 bits per heavy atom. The molecule has 0 fully saturated rings. The van der Waals surface area contributed by atoms with Gasteiger partial charge in [-0.3, -0.25) is 0 Å². The highest BCUT2D eigenvalue weighted by Gasteiger charge is 2.26. The van der Waals surface area contributed by atoms with Gasteiger partial charge in [0.1, 0.15) is 0 Å². The molecule has 120 valence electrons. The molecule has 5 nitrogen and oxygen atoms in total. The fraction of sp³-hybridized carbons (Fsp3) is 0.500. The summed E-state index contributed by atoms with van der Waals surface area (Å²) in [6.45, 7) is 6.34. The summed E-state index contributed by atoms with van der Waals surface area (Å²) in [6.07, 6.45) is 0.552. The van der Waals surface area contributed by atoms with Crippen LogP contribution < -0.4 is 5.32 Å². The Morgan fingerprint density at radius 1 is 1.41 bits per heavy atom.